The zero-order chi connectivity index (χ0) is 15.3. The summed E-state index contributed by atoms with van der Waals surface area (Å²) in [5.74, 6) is -2.77. The van der Waals surface area contributed by atoms with Gasteiger partial charge in [0.15, 0.2) is 5.92 Å². The Labute approximate surface area is 114 Å². The molecule has 0 aliphatic rings. The Hall–Kier alpha value is -2.23. The average Bonchev–Trinajstić information content (AvgIpc) is 2.42. The lowest BCUT2D eigenvalue weighted by atomic mass is 10.1. The van der Waals surface area contributed by atoms with Crippen LogP contribution in [0.5, 0.6) is 0 Å². The number of hydrogen-bond acceptors (Lipinski definition) is 4. The Morgan fingerprint density at radius 3 is 2.55 bits per heavy atom. The number of rotatable bonds is 4. The van der Waals surface area contributed by atoms with Gasteiger partial charge in [-0.2, -0.15) is 18.4 Å². The third-order valence-electron chi connectivity index (χ3n) is 2.73. The van der Waals surface area contributed by atoms with Gasteiger partial charge >= 0.3 is 12.1 Å². The summed E-state index contributed by atoms with van der Waals surface area (Å²) >= 11 is 0. The number of anilines is 1. The van der Waals surface area contributed by atoms with Crippen LogP contribution < -0.4 is 4.90 Å². The fraction of sp³-hybridized carbons (Fsp3) is 0.385. The largest absolute Gasteiger partial charge is 0.465 e. The van der Waals surface area contributed by atoms with Crippen LogP contribution in [-0.2, 0) is 4.74 Å². The second-order valence-corrected chi connectivity index (χ2v) is 4.11. The van der Waals surface area contributed by atoms with Crippen LogP contribution in [0.4, 0.5) is 18.9 Å². The first kappa shape index (κ1) is 15.8. The van der Waals surface area contributed by atoms with Crippen LogP contribution in [0, 0.1) is 17.2 Å². The smallest absolute Gasteiger partial charge is 0.406 e. The molecule has 0 saturated heterocycles. The summed E-state index contributed by atoms with van der Waals surface area (Å²) in [7, 11) is 2.57. The van der Waals surface area contributed by atoms with E-state index < -0.39 is 24.6 Å². The molecule has 0 bridgehead atoms. The maximum atomic E-state index is 12.6. The molecule has 0 N–H and O–H groups in total. The van der Waals surface area contributed by atoms with Crippen LogP contribution in [0.25, 0.3) is 0 Å². The summed E-state index contributed by atoms with van der Waals surface area (Å²) < 4.78 is 42.3. The lowest BCUT2D eigenvalue weighted by Crippen LogP contribution is -2.34. The van der Waals surface area contributed by atoms with Crippen LogP contribution in [0.1, 0.15) is 10.4 Å². The third kappa shape index (κ3) is 3.63. The van der Waals surface area contributed by atoms with E-state index in [4.69, 9.17) is 5.26 Å². The van der Waals surface area contributed by atoms with Gasteiger partial charge in [-0.05, 0) is 12.1 Å². The molecule has 1 rings (SSSR count). The van der Waals surface area contributed by atoms with Crippen LogP contribution in [0.15, 0.2) is 24.3 Å². The molecule has 0 fully saturated rings. The molecule has 1 aromatic rings. The van der Waals surface area contributed by atoms with Crippen molar-refractivity contribution in [1.82, 2.24) is 0 Å². The van der Waals surface area contributed by atoms with E-state index in [0.29, 0.717) is 0 Å². The van der Waals surface area contributed by atoms with Crippen LogP contribution in [0.3, 0.4) is 0 Å². The fourth-order valence-electron chi connectivity index (χ4n) is 1.68. The van der Waals surface area contributed by atoms with E-state index in [9.17, 15) is 18.0 Å². The molecule has 0 radical (unpaired) electrons. The number of halogens is 3. The molecular weight excluding hydrogens is 273 g/mol. The van der Waals surface area contributed by atoms with Crippen LogP contribution in [-0.4, -0.2) is 32.8 Å². The van der Waals surface area contributed by atoms with Crippen molar-refractivity contribution < 1.29 is 22.7 Å². The van der Waals surface area contributed by atoms with Gasteiger partial charge in [0.25, 0.3) is 0 Å². The highest BCUT2D eigenvalue weighted by Crippen LogP contribution is 2.28. The van der Waals surface area contributed by atoms with Crippen LogP contribution in [0.2, 0.25) is 0 Å². The highest BCUT2D eigenvalue weighted by molar-refractivity contribution is 5.95. The summed E-state index contributed by atoms with van der Waals surface area (Å²) in [6.45, 7) is -0.562. The summed E-state index contributed by atoms with van der Waals surface area (Å²) in [5.41, 5.74) is 0.431. The molecule has 1 unspecified atom stereocenters. The van der Waals surface area contributed by atoms with Crippen molar-refractivity contribution in [3.8, 4) is 6.07 Å². The molecule has 0 aliphatic heterocycles. The molecule has 0 spiro atoms. The van der Waals surface area contributed by atoms with Crippen molar-refractivity contribution in [2.24, 2.45) is 5.92 Å². The van der Waals surface area contributed by atoms with Crippen molar-refractivity contribution in [2.45, 2.75) is 6.18 Å². The Morgan fingerprint density at radius 1 is 1.45 bits per heavy atom. The highest BCUT2D eigenvalue weighted by Gasteiger charge is 2.40. The summed E-state index contributed by atoms with van der Waals surface area (Å²) in [5, 5.41) is 8.59. The molecule has 0 amide bonds. The first-order chi connectivity index (χ1) is 9.31. The van der Waals surface area contributed by atoms with E-state index in [1.165, 1.54) is 37.3 Å². The first-order valence-electron chi connectivity index (χ1n) is 5.66. The van der Waals surface area contributed by atoms with E-state index in [0.717, 1.165) is 0 Å². The van der Waals surface area contributed by atoms with E-state index in [2.05, 4.69) is 4.74 Å². The number of nitrogens with zero attached hydrogens (tertiary/aromatic N) is 2. The maximum absolute atomic E-state index is 12.6. The number of para-hydroxylation sites is 1. The van der Waals surface area contributed by atoms with Crippen molar-refractivity contribution in [1.29, 1.82) is 5.26 Å². The molecule has 4 nitrogen and oxygen atoms in total. The standard InChI is InChI=1S/C13H13F3N2O2/c1-18(8-9(7-17)13(14,15)16)11-6-4-3-5-10(11)12(19)20-2/h3-6,9H,8H2,1-2H3. The van der Waals surface area contributed by atoms with Crippen molar-refractivity contribution >= 4 is 11.7 Å². The molecule has 0 saturated carbocycles. The fourth-order valence-corrected chi connectivity index (χ4v) is 1.68. The SMILES string of the molecule is COC(=O)c1ccccc1N(C)CC(C#N)C(F)(F)F. The number of methoxy groups -OCH3 is 1. The number of carbonyl (C=O) groups excluding carboxylic acids is 1. The Balaban J connectivity index is 3.02. The van der Waals surface area contributed by atoms with Crippen LogP contribution >= 0.6 is 0 Å². The number of alkyl halides is 3. The minimum atomic E-state index is -4.61. The van der Waals surface area contributed by atoms with Gasteiger partial charge in [-0.25, -0.2) is 4.79 Å². The number of ether oxygens (including phenoxy) is 1. The normalized spacial score (nSPS) is 12.4. The zero-order valence-corrected chi connectivity index (χ0v) is 10.9. The van der Waals surface area contributed by atoms with Gasteiger partial charge in [-0.3, -0.25) is 0 Å². The topological polar surface area (TPSA) is 53.3 Å². The van der Waals surface area contributed by atoms with Gasteiger partial charge in [0, 0.05) is 13.6 Å². The lowest BCUT2D eigenvalue weighted by molar-refractivity contribution is -0.156. The molecule has 1 aromatic carbocycles. The summed E-state index contributed by atoms with van der Waals surface area (Å²) in [4.78, 5) is 12.8. The number of benzene rings is 1. The second-order valence-electron chi connectivity index (χ2n) is 4.11. The Morgan fingerprint density at radius 2 is 2.05 bits per heavy atom. The average molecular weight is 286 g/mol. The zero-order valence-electron chi connectivity index (χ0n) is 10.9. The number of carbonyl (C=O) groups is 1. The van der Waals surface area contributed by atoms with Crippen molar-refractivity contribution in [3.05, 3.63) is 29.8 Å². The predicted octanol–water partition coefficient (Wildman–Crippen LogP) is 2.61. The quantitative estimate of drug-likeness (QED) is 0.798. The van der Waals surface area contributed by atoms with E-state index >= 15 is 0 Å². The first-order valence-corrected chi connectivity index (χ1v) is 5.66. The monoisotopic (exact) mass is 286 g/mol. The van der Waals surface area contributed by atoms with Gasteiger partial charge in [-0.15, -0.1) is 0 Å². The maximum Gasteiger partial charge on any atom is 0.406 e. The predicted molar refractivity (Wildman–Crippen MR) is 66.2 cm³/mol. The van der Waals surface area contributed by atoms with E-state index in [1.807, 2.05) is 0 Å². The molecule has 7 heteroatoms. The van der Waals surface area contributed by atoms with Gasteiger partial charge in [-0.1, -0.05) is 12.1 Å². The molecule has 108 valence electrons. The van der Waals surface area contributed by atoms with Crippen molar-refractivity contribution in [2.75, 3.05) is 25.6 Å². The van der Waals surface area contributed by atoms with Crippen molar-refractivity contribution in [3.63, 3.8) is 0 Å². The number of hydrogen-bond donors (Lipinski definition) is 0. The molecule has 0 aromatic heterocycles. The van der Waals surface area contributed by atoms with Gasteiger partial charge in [0.05, 0.1) is 24.4 Å². The molecule has 0 aliphatic carbocycles. The summed E-state index contributed by atoms with van der Waals surface area (Å²) in [6, 6.07) is 7.34. The molecule has 20 heavy (non-hydrogen) atoms. The summed E-state index contributed by atoms with van der Waals surface area (Å²) in [6.07, 6.45) is -4.61. The highest BCUT2D eigenvalue weighted by atomic mass is 19.4. The minimum absolute atomic E-state index is 0.149. The Bertz CT molecular complexity index is 523. The molecule has 1 atom stereocenters. The van der Waals surface area contributed by atoms with E-state index in [1.54, 1.807) is 12.1 Å². The number of esters is 1. The third-order valence-corrected chi connectivity index (χ3v) is 2.73. The van der Waals surface area contributed by atoms with E-state index in [-0.39, 0.29) is 11.3 Å². The number of nitriles is 1. The van der Waals surface area contributed by atoms with Gasteiger partial charge in [0.2, 0.25) is 0 Å². The lowest BCUT2D eigenvalue weighted by Gasteiger charge is -2.24. The minimum Gasteiger partial charge on any atom is -0.465 e. The Kier molecular flexibility index (Phi) is 4.97. The molecule has 0 heterocycles. The van der Waals surface area contributed by atoms with Gasteiger partial charge in [0.1, 0.15) is 0 Å². The van der Waals surface area contributed by atoms with Gasteiger partial charge < -0.3 is 9.64 Å². The second kappa shape index (κ2) is 6.28. The molecular formula is C13H13F3N2O2.